The SMILES string of the molecule is O=[N+]([O-])c1ccc(NCCC2=CCCCC2)cn1. The lowest BCUT2D eigenvalue weighted by Crippen LogP contribution is -2.05. The van der Waals surface area contributed by atoms with Crippen LogP contribution in [-0.4, -0.2) is 16.5 Å². The van der Waals surface area contributed by atoms with Crippen LogP contribution in [-0.2, 0) is 0 Å². The third-order valence-corrected chi connectivity index (χ3v) is 3.10. The molecule has 5 heteroatoms. The zero-order valence-electron chi connectivity index (χ0n) is 10.3. The summed E-state index contributed by atoms with van der Waals surface area (Å²) in [6, 6.07) is 3.11. The maximum absolute atomic E-state index is 10.4. The van der Waals surface area contributed by atoms with Crippen LogP contribution >= 0.6 is 0 Å². The minimum absolute atomic E-state index is 0.115. The largest absolute Gasteiger partial charge is 0.382 e. The Bertz CT molecular complexity index is 440. The fraction of sp³-hybridized carbons (Fsp3) is 0.462. The van der Waals surface area contributed by atoms with E-state index in [2.05, 4.69) is 16.4 Å². The maximum Gasteiger partial charge on any atom is 0.363 e. The first kappa shape index (κ1) is 12.5. The van der Waals surface area contributed by atoms with Crippen LogP contribution in [0.4, 0.5) is 11.5 Å². The number of nitro groups is 1. The van der Waals surface area contributed by atoms with E-state index in [4.69, 9.17) is 0 Å². The molecule has 96 valence electrons. The van der Waals surface area contributed by atoms with E-state index in [0.717, 1.165) is 18.7 Å². The van der Waals surface area contributed by atoms with Gasteiger partial charge in [0.25, 0.3) is 0 Å². The van der Waals surface area contributed by atoms with Crippen LogP contribution in [0, 0.1) is 10.1 Å². The van der Waals surface area contributed by atoms with E-state index in [1.807, 2.05) is 0 Å². The Morgan fingerprint density at radius 1 is 1.39 bits per heavy atom. The molecule has 1 heterocycles. The van der Waals surface area contributed by atoms with Crippen molar-refractivity contribution in [3.8, 4) is 0 Å². The Hall–Kier alpha value is -1.91. The molecule has 0 unspecified atom stereocenters. The van der Waals surface area contributed by atoms with E-state index in [1.54, 1.807) is 6.07 Å². The number of rotatable bonds is 5. The molecule has 0 aliphatic heterocycles. The molecule has 2 rings (SSSR count). The third-order valence-electron chi connectivity index (χ3n) is 3.10. The molecule has 0 bridgehead atoms. The highest BCUT2D eigenvalue weighted by Crippen LogP contribution is 2.20. The van der Waals surface area contributed by atoms with Crippen molar-refractivity contribution in [2.45, 2.75) is 32.1 Å². The fourth-order valence-electron chi connectivity index (χ4n) is 2.10. The van der Waals surface area contributed by atoms with Gasteiger partial charge in [0.2, 0.25) is 0 Å². The molecule has 0 aromatic carbocycles. The molecule has 1 N–H and O–H groups in total. The summed E-state index contributed by atoms with van der Waals surface area (Å²) < 4.78 is 0. The number of hydrogen-bond donors (Lipinski definition) is 1. The minimum atomic E-state index is -0.489. The van der Waals surface area contributed by atoms with E-state index in [0.29, 0.717) is 0 Å². The Balaban J connectivity index is 1.79. The fourth-order valence-corrected chi connectivity index (χ4v) is 2.10. The summed E-state index contributed by atoms with van der Waals surface area (Å²) in [5.74, 6) is -0.115. The molecule has 0 saturated heterocycles. The van der Waals surface area contributed by atoms with Crippen LogP contribution in [0.3, 0.4) is 0 Å². The topological polar surface area (TPSA) is 68.1 Å². The molecule has 0 fully saturated rings. The van der Waals surface area contributed by atoms with E-state index < -0.39 is 4.92 Å². The Labute approximate surface area is 106 Å². The lowest BCUT2D eigenvalue weighted by molar-refractivity contribution is -0.389. The van der Waals surface area contributed by atoms with Gasteiger partial charge in [-0.1, -0.05) is 11.6 Å². The van der Waals surface area contributed by atoms with Gasteiger partial charge in [-0.15, -0.1) is 0 Å². The zero-order valence-corrected chi connectivity index (χ0v) is 10.3. The average molecular weight is 247 g/mol. The number of aromatic nitrogens is 1. The first-order valence-corrected chi connectivity index (χ1v) is 6.28. The highest BCUT2D eigenvalue weighted by atomic mass is 16.6. The monoisotopic (exact) mass is 247 g/mol. The van der Waals surface area contributed by atoms with Gasteiger partial charge in [0.1, 0.15) is 0 Å². The number of allylic oxidation sites excluding steroid dienone is 1. The highest BCUT2D eigenvalue weighted by Gasteiger charge is 2.06. The highest BCUT2D eigenvalue weighted by molar-refractivity contribution is 5.43. The second-order valence-corrected chi connectivity index (χ2v) is 4.45. The van der Waals surface area contributed by atoms with Crippen LogP contribution in [0.5, 0.6) is 0 Å². The number of pyridine rings is 1. The zero-order chi connectivity index (χ0) is 12.8. The van der Waals surface area contributed by atoms with Crippen molar-refractivity contribution in [2.24, 2.45) is 0 Å². The quantitative estimate of drug-likeness (QED) is 0.492. The standard InChI is InChI=1S/C13H17N3O2/c17-16(18)13-7-6-12(10-15-13)14-9-8-11-4-2-1-3-5-11/h4,6-7,10,14H,1-3,5,8-9H2. The van der Waals surface area contributed by atoms with Crippen LogP contribution in [0.1, 0.15) is 32.1 Å². The van der Waals surface area contributed by atoms with Gasteiger partial charge in [0.05, 0.1) is 5.69 Å². The summed E-state index contributed by atoms with van der Waals surface area (Å²) in [5, 5.41) is 13.7. The summed E-state index contributed by atoms with van der Waals surface area (Å²) in [6.07, 6.45) is 9.90. The van der Waals surface area contributed by atoms with Crippen LogP contribution in [0.2, 0.25) is 0 Å². The molecular formula is C13H17N3O2. The van der Waals surface area contributed by atoms with Gasteiger partial charge in [0, 0.05) is 12.6 Å². The van der Waals surface area contributed by atoms with Crippen molar-refractivity contribution in [2.75, 3.05) is 11.9 Å². The second kappa shape index (κ2) is 6.14. The minimum Gasteiger partial charge on any atom is -0.382 e. The first-order chi connectivity index (χ1) is 8.75. The molecule has 1 aliphatic rings. The van der Waals surface area contributed by atoms with E-state index in [9.17, 15) is 10.1 Å². The Morgan fingerprint density at radius 3 is 2.89 bits per heavy atom. The van der Waals surface area contributed by atoms with Gasteiger partial charge in [-0.25, -0.2) is 0 Å². The van der Waals surface area contributed by atoms with Gasteiger partial charge in [-0.3, -0.25) is 0 Å². The van der Waals surface area contributed by atoms with Gasteiger partial charge < -0.3 is 15.4 Å². The lowest BCUT2D eigenvalue weighted by atomic mass is 9.97. The molecule has 0 radical (unpaired) electrons. The summed E-state index contributed by atoms with van der Waals surface area (Å²) in [5.41, 5.74) is 2.35. The summed E-state index contributed by atoms with van der Waals surface area (Å²) in [6.45, 7) is 0.853. The van der Waals surface area contributed by atoms with E-state index in [-0.39, 0.29) is 5.82 Å². The average Bonchev–Trinajstić information content (AvgIpc) is 2.40. The van der Waals surface area contributed by atoms with Crippen molar-refractivity contribution in [1.29, 1.82) is 0 Å². The van der Waals surface area contributed by atoms with Crippen molar-refractivity contribution >= 4 is 11.5 Å². The smallest absolute Gasteiger partial charge is 0.363 e. The maximum atomic E-state index is 10.4. The Morgan fingerprint density at radius 2 is 2.28 bits per heavy atom. The predicted molar refractivity (Wildman–Crippen MR) is 70.5 cm³/mol. The molecule has 5 nitrogen and oxygen atoms in total. The molecule has 1 aromatic rings. The lowest BCUT2D eigenvalue weighted by Gasteiger charge is -2.12. The first-order valence-electron chi connectivity index (χ1n) is 6.28. The van der Waals surface area contributed by atoms with E-state index >= 15 is 0 Å². The van der Waals surface area contributed by atoms with Crippen molar-refractivity contribution in [3.05, 3.63) is 40.1 Å². The van der Waals surface area contributed by atoms with Gasteiger partial charge >= 0.3 is 5.82 Å². The third kappa shape index (κ3) is 3.55. The van der Waals surface area contributed by atoms with Crippen LogP contribution in [0.25, 0.3) is 0 Å². The van der Waals surface area contributed by atoms with Gasteiger partial charge in [-0.05, 0) is 48.1 Å². The predicted octanol–water partition coefficient (Wildman–Crippen LogP) is 3.29. The van der Waals surface area contributed by atoms with E-state index in [1.165, 1.54) is 43.5 Å². The molecule has 1 aromatic heterocycles. The molecule has 0 saturated carbocycles. The number of anilines is 1. The number of nitrogens with one attached hydrogen (secondary N) is 1. The number of hydrogen-bond acceptors (Lipinski definition) is 4. The van der Waals surface area contributed by atoms with Crippen molar-refractivity contribution < 1.29 is 4.92 Å². The molecular weight excluding hydrogens is 230 g/mol. The van der Waals surface area contributed by atoms with Crippen molar-refractivity contribution in [3.63, 3.8) is 0 Å². The Kier molecular flexibility index (Phi) is 4.28. The molecule has 0 atom stereocenters. The van der Waals surface area contributed by atoms with Crippen molar-refractivity contribution in [1.82, 2.24) is 4.98 Å². The summed E-state index contributed by atoms with van der Waals surface area (Å²) in [7, 11) is 0. The molecule has 1 aliphatic carbocycles. The van der Waals surface area contributed by atoms with Crippen LogP contribution < -0.4 is 5.32 Å². The van der Waals surface area contributed by atoms with Gasteiger partial charge in [0.15, 0.2) is 6.20 Å². The normalized spacial score (nSPS) is 15.0. The van der Waals surface area contributed by atoms with Crippen LogP contribution in [0.15, 0.2) is 30.0 Å². The summed E-state index contributed by atoms with van der Waals surface area (Å²) in [4.78, 5) is 13.7. The van der Waals surface area contributed by atoms with Gasteiger partial charge in [-0.2, -0.15) is 0 Å². The number of nitrogens with zero attached hydrogens (tertiary/aromatic N) is 2. The second-order valence-electron chi connectivity index (χ2n) is 4.45. The molecule has 0 amide bonds. The summed E-state index contributed by atoms with van der Waals surface area (Å²) >= 11 is 0. The molecule has 18 heavy (non-hydrogen) atoms. The molecule has 0 spiro atoms.